The SMILES string of the molecule is Cc1c(CC(=O)N2CCCCC2)sc2nc3ccccc3n12. The number of para-hydroxylation sites is 2. The molecule has 4 rings (SSSR count). The second-order valence-corrected chi connectivity index (χ2v) is 7.01. The van der Waals surface area contributed by atoms with Gasteiger partial charge in [0.15, 0.2) is 4.96 Å². The number of piperidine rings is 1. The zero-order valence-electron chi connectivity index (χ0n) is 12.7. The average molecular weight is 313 g/mol. The lowest BCUT2D eigenvalue weighted by Gasteiger charge is -2.26. The molecule has 1 aliphatic heterocycles. The highest BCUT2D eigenvalue weighted by atomic mass is 32.1. The Hall–Kier alpha value is -1.88. The number of rotatable bonds is 2. The van der Waals surface area contributed by atoms with Gasteiger partial charge in [-0.15, -0.1) is 11.3 Å². The second-order valence-electron chi connectivity index (χ2n) is 5.95. The summed E-state index contributed by atoms with van der Waals surface area (Å²) in [6.07, 6.45) is 4.04. The fraction of sp³-hybridized carbons (Fsp3) is 0.412. The van der Waals surface area contributed by atoms with E-state index in [0.717, 1.165) is 52.5 Å². The van der Waals surface area contributed by atoms with Crippen LogP contribution in [-0.4, -0.2) is 33.3 Å². The van der Waals surface area contributed by atoms with Gasteiger partial charge in [-0.1, -0.05) is 12.1 Å². The van der Waals surface area contributed by atoms with Crippen molar-refractivity contribution < 1.29 is 4.79 Å². The van der Waals surface area contributed by atoms with Gasteiger partial charge in [0, 0.05) is 23.7 Å². The molecule has 0 radical (unpaired) electrons. The van der Waals surface area contributed by atoms with Gasteiger partial charge in [-0.3, -0.25) is 9.20 Å². The van der Waals surface area contributed by atoms with Crippen LogP contribution < -0.4 is 0 Å². The van der Waals surface area contributed by atoms with E-state index >= 15 is 0 Å². The molecule has 1 aromatic carbocycles. The minimum atomic E-state index is 0.261. The van der Waals surface area contributed by atoms with Crippen molar-refractivity contribution in [1.82, 2.24) is 14.3 Å². The summed E-state index contributed by atoms with van der Waals surface area (Å²) in [6.45, 7) is 3.93. The quantitative estimate of drug-likeness (QED) is 0.727. The molecule has 1 saturated heterocycles. The van der Waals surface area contributed by atoms with Gasteiger partial charge in [0.1, 0.15) is 0 Å². The fourth-order valence-corrected chi connectivity index (χ4v) is 4.39. The molecule has 0 bridgehead atoms. The highest BCUT2D eigenvalue weighted by molar-refractivity contribution is 7.17. The normalized spacial score (nSPS) is 15.8. The largest absolute Gasteiger partial charge is 0.342 e. The first kappa shape index (κ1) is 13.8. The predicted octanol–water partition coefficient (Wildman–Crippen LogP) is 3.41. The van der Waals surface area contributed by atoms with Crippen LogP contribution in [0.2, 0.25) is 0 Å². The van der Waals surface area contributed by atoms with E-state index in [1.54, 1.807) is 11.3 Å². The van der Waals surface area contributed by atoms with Gasteiger partial charge in [0.2, 0.25) is 5.91 Å². The maximum Gasteiger partial charge on any atom is 0.227 e. The third kappa shape index (κ3) is 2.20. The molecule has 0 N–H and O–H groups in total. The first-order chi connectivity index (χ1) is 10.7. The molecule has 22 heavy (non-hydrogen) atoms. The van der Waals surface area contributed by atoms with Crippen LogP contribution in [0.4, 0.5) is 0 Å². The monoisotopic (exact) mass is 313 g/mol. The molecule has 2 aromatic heterocycles. The number of thiazole rings is 1. The van der Waals surface area contributed by atoms with Crippen molar-refractivity contribution in [2.24, 2.45) is 0 Å². The van der Waals surface area contributed by atoms with E-state index in [1.807, 2.05) is 23.1 Å². The Labute approximate surface area is 133 Å². The zero-order chi connectivity index (χ0) is 15.1. The van der Waals surface area contributed by atoms with Gasteiger partial charge in [-0.25, -0.2) is 4.98 Å². The number of nitrogens with zero attached hydrogens (tertiary/aromatic N) is 3. The van der Waals surface area contributed by atoms with Gasteiger partial charge in [0.05, 0.1) is 17.5 Å². The number of carbonyl (C=O) groups is 1. The van der Waals surface area contributed by atoms with Crippen LogP contribution in [0.3, 0.4) is 0 Å². The van der Waals surface area contributed by atoms with Crippen LogP contribution in [-0.2, 0) is 11.2 Å². The fourth-order valence-electron chi connectivity index (χ4n) is 3.26. The molecule has 3 heterocycles. The standard InChI is InChI=1S/C17H19N3OS/c1-12-15(11-16(21)19-9-5-2-6-10-19)22-17-18-13-7-3-4-8-14(13)20(12)17/h3-4,7-8H,2,5-6,9-11H2,1H3. The summed E-state index contributed by atoms with van der Waals surface area (Å²) in [5.74, 6) is 0.261. The first-order valence-electron chi connectivity index (χ1n) is 7.87. The number of hydrogen-bond donors (Lipinski definition) is 0. The third-order valence-electron chi connectivity index (χ3n) is 4.50. The lowest BCUT2D eigenvalue weighted by Crippen LogP contribution is -2.36. The van der Waals surface area contributed by atoms with Crippen molar-refractivity contribution in [1.29, 1.82) is 0 Å². The molecule has 3 aromatic rings. The minimum absolute atomic E-state index is 0.261. The van der Waals surface area contributed by atoms with Crippen molar-refractivity contribution in [2.75, 3.05) is 13.1 Å². The summed E-state index contributed by atoms with van der Waals surface area (Å²) in [5.41, 5.74) is 3.30. The summed E-state index contributed by atoms with van der Waals surface area (Å²) in [5, 5.41) is 0. The van der Waals surface area contributed by atoms with Gasteiger partial charge >= 0.3 is 0 Å². The van der Waals surface area contributed by atoms with Crippen LogP contribution in [0.25, 0.3) is 16.0 Å². The van der Waals surface area contributed by atoms with E-state index in [-0.39, 0.29) is 5.91 Å². The number of hydrogen-bond acceptors (Lipinski definition) is 3. The van der Waals surface area contributed by atoms with E-state index < -0.39 is 0 Å². The van der Waals surface area contributed by atoms with Gasteiger partial charge < -0.3 is 4.90 Å². The molecule has 0 atom stereocenters. The van der Waals surface area contributed by atoms with Crippen molar-refractivity contribution >= 4 is 33.2 Å². The van der Waals surface area contributed by atoms with E-state index in [9.17, 15) is 4.79 Å². The van der Waals surface area contributed by atoms with E-state index in [2.05, 4.69) is 22.4 Å². The summed E-state index contributed by atoms with van der Waals surface area (Å²) in [6, 6.07) is 8.17. The van der Waals surface area contributed by atoms with Gasteiger partial charge in [-0.05, 0) is 38.3 Å². The zero-order valence-corrected chi connectivity index (χ0v) is 13.5. The molecule has 0 saturated carbocycles. The number of likely N-dealkylation sites (tertiary alicyclic amines) is 1. The molecular formula is C17H19N3OS. The van der Waals surface area contributed by atoms with Crippen LogP contribution in [0.5, 0.6) is 0 Å². The number of aryl methyl sites for hydroxylation is 1. The topological polar surface area (TPSA) is 37.6 Å². The maximum absolute atomic E-state index is 12.5. The number of amides is 1. The highest BCUT2D eigenvalue weighted by Crippen LogP contribution is 2.28. The number of benzene rings is 1. The van der Waals surface area contributed by atoms with Crippen molar-refractivity contribution in [3.05, 3.63) is 34.8 Å². The average Bonchev–Trinajstić information content (AvgIpc) is 3.05. The lowest BCUT2D eigenvalue weighted by molar-refractivity contribution is -0.131. The van der Waals surface area contributed by atoms with E-state index in [1.165, 1.54) is 6.42 Å². The highest BCUT2D eigenvalue weighted by Gasteiger charge is 2.20. The Morgan fingerprint density at radius 1 is 1.23 bits per heavy atom. The molecular weight excluding hydrogens is 294 g/mol. The number of carbonyl (C=O) groups excluding carboxylic acids is 1. The molecule has 1 amide bonds. The van der Waals surface area contributed by atoms with Crippen molar-refractivity contribution in [2.45, 2.75) is 32.6 Å². The van der Waals surface area contributed by atoms with Gasteiger partial charge in [-0.2, -0.15) is 0 Å². The summed E-state index contributed by atoms with van der Waals surface area (Å²) in [7, 11) is 0. The van der Waals surface area contributed by atoms with Crippen molar-refractivity contribution in [3.63, 3.8) is 0 Å². The minimum Gasteiger partial charge on any atom is -0.342 e. The van der Waals surface area contributed by atoms with Crippen LogP contribution in [0.15, 0.2) is 24.3 Å². The molecule has 114 valence electrons. The van der Waals surface area contributed by atoms with Crippen molar-refractivity contribution in [3.8, 4) is 0 Å². The summed E-state index contributed by atoms with van der Waals surface area (Å²) in [4.78, 5) is 21.3. The smallest absolute Gasteiger partial charge is 0.227 e. The Kier molecular flexibility index (Phi) is 3.37. The second kappa shape index (κ2) is 5.39. The third-order valence-corrected chi connectivity index (χ3v) is 5.65. The Morgan fingerprint density at radius 2 is 2.00 bits per heavy atom. The molecule has 4 nitrogen and oxygen atoms in total. The van der Waals surface area contributed by atoms with Crippen LogP contribution in [0.1, 0.15) is 29.8 Å². The molecule has 0 aliphatic carbocycles. The molecule has 1 fully saturated rings. The maximum atomic E-state index is 12.5. The Balaban J connectivity index is 1.67. The van der Waals surface area contributed by atoms with E-state index in [0.29, 0.717) is 6.42 Å². The number of fused-ring (bicyclic) bond motifs is 3. The predicted molar refractivity (Wildman–Crippen MR) is 89.4 cm³/mol. The molecule has 0 unspecified atom stereocenters. The number of imidazole rings is 1. The number of aromatic nitrogens is 2. The Bertz CT molecular complexity index is 842. The van der Waals surface area contributed by atoms with E-state index in [4.69, 9.17) is 0 Å². The molecule has 0 spiro atoms. The van der Waals surface area contributed by atoms with Crippen LogP contribution >= 0.6 is 11.3 Å². The Morgan fingerprint density at radius 3 is 2.82 bits per heavy atom. The summed E-state index contributed by atoms with van der Waals surface area (Å²) < 4.78 is 2.18. The lowest BCUT2D eigenvalue weighted by atomic mass is 10.1. The molecule has 5 heteroatoms. The summed E-state index contributed by atoms with van der Waals surface area (Å²) >= 11 is 1.65. The van der Waals surface area contributed by atoms with Gasteiger partial charge in [0.25, 0.3) is 0 Å². The molecule has 1 aliphatic rings. The van der Waals surface area contributed by atoms with Crippen LogP contribution in [0, 0.1) is 6.92 Å². The first-order valence-corrected chi connectivity index (χ1v) is 8.69.